The van der Waals surface area contributed by atoms with E-state index in [4.69, 9.17) is 18.9 Å². The first-order valence-electron chi connectivity index (χ1n) is 22.8. The summed E-state index contributed by atoms with van der Waals surface area (Å²) in [6.45, 7) is 7.66. The van der Waals surface area contributed by atoms with Crippen molar-refractivity contribution in [3.05, 3.63) is 0 Å². The van der Waals surface area contributed by atoms with Gasteiger partial charge in [0.25, 0.3) is 0 Å². The highest BCUT2D eigenvalue weighted by Gasteiger charge is 2.13. The third kappa shape index (κ3) is 43.4. The van der Waals surface area contributed by atoms with E-state index >= 15 is 0 Å². The van der Waals surface area contributed by atoms with Gasteiger partial charge in [0.15, 0.2) is 0 Å². The van der Waals surface area contributed by atoms with E-state index in [9.17, 15) is 4.79 Å². The lowest BCUT2D eigenvalue weighted by Crippen LogP contribution is -2.31. The molecule has 0 aliphatic rings. The molecule has 0 heterocycles. The van der Waals surface area contributed by atoms with Crippen LogP contribution in [0.1, 0.15) is 232 Å². The lowest BCUT2D eigenvalue weighted by Gasteiger charge is -2.18. The van der Waals surface area contributed by atoms with Crippen molar-refractivity contribution in [1.29, 1.82) is 0 Å². The number of nitrogens with one attached hydrogen (secondary N) is 1. The standard InChI is InChI=1S/C45H91NO5/c1-4-6-8-10-12-14-16-18-20-22-23-25-27-29-31-33-35-37-44(43-51-45(47)46-38-40-49-42-41-48-3)50-39-36-34-32-30-28-26-24-21-19-17-15-13-11-9-7-5-2/h44H,4-43H2,1-3H3,(H,46,47). The second-order valence-corrected chi connectivity index (χ2v) is 15.4. The summed E-state index contributed by atoms with van der Waals surface area (Å²) in [7, 11) is 1.65. The highest BCUT2D eigenvalue weighted by molar-refractivity contribution is 5.67. The quantitative estimate of drug-likeness (QED) is 0.0634. The zero-order chi connectivity index (χ0) is 37.0. The van der Waals surface area contributed by atoms with Gasteiger partial charge >= 0.3 is 6.09 Å². The monoisotopic (exact) mass is 726 g/mol. The zero-order valence-electron chi connectivity index (χ0n) is 34.9. The molecule has 0 aliphatic heterocycles. The van der Waals surface area contributed by atoms with Crippen LogP contribution in [0.15, 0.2) is 0 Å². The van der Waals surface area contributed by atoms with E-state index in [-0.39, 0.29) is 12.2 Å². The van der Waals surface area contributed by atoms with Crippen LogP contribution in [0.4, 0.5) is 4.79 Å². The third-order valence-electron chi connectivity index (χ3n) is 10.3. The smallest absolute Gasteiger partial charge is 0.407 e. The Morgan fingerprint density at radius 2 is 0.824 bits per heavy atom. The largest absolute Gasteiger partial charge is 0.447 e. The number of methoxy groups -OCH3 is 1. The van der Waals surface area contributed by atoms with E-state index in [1.165, 1.54) is 199 Å². The number of carbonyl (C=O) groups is 1. The van der Waals surface area contributed by atoms with E-state index in [0.29, 0.717) is 33.0 Å². The van der Waals surface area contributed by atoms with Gasteiger partial charge in [-0.15, -0.1) is 0 Å². The van der Waals surface area contributed by atoms with Gasteiger partial charge in [-0.2, -0.15) is 0 Å². The number of hydrogen-bond donors (Lipinski definition) is 1. The Labute approximate surface area is 319 Å². The first-order valence-corrected chi connectivity index (χ1v) is 22.8. The SMILES string of the molecule is CCCCCCCCCCCCCCCCCCCC(COC(=O)NCCOCCOC)OCCCCCCCCCCCCCCCCCC. The molecule has 0 spiro atoms. The van der Waals surface area contributed by atoms with Crippen molar-refractivity contribution < 1.29 is 23.7 Å². The van der Waals surface area contributed by atoms with Crippen molar-refractivity contribution >= 4 is 6.09 Å². The van der Waals surface area contributed by atoms with Crippen LogP contribution in [-0.2, 0) is 18.9 Å². The van der Waals surface area contributed by atoms with E-state index < -0.39 is 0 Å². The predicted octanol–water partition coefficient (Wildman–Crippen LogP) is 14.1. The summed E-state index contributed by atoms with van der Waals surface area (Å²) in [5.41, 5.74) is 0. The van der Waals surface area contributed by atoms with Crippen LogP contribution in [0.25, 0.3) is 0 Å². The number of alkyl carbamates (subject to hydrolysis) is 1. The van der Waals surface area contributed by atoms with Crippen LogP contribution < -0.4 is 5.32 Å². The van der Waals surface area contributed by atoms with Crippen molar-refractivity contribution in [3.63, 3.8) is 0 Å². The summed E-state index contributed by atoms with van der Waals surface area (Å²) in [5, 5.41) is 2.78. The van der Waals surface area contributed by atoms with Gasteiger partial charge in [0.1, 0.15) is 6.61 Å². The maximum atomic E-state index is 12.2. The molecule has 6 heteroatoms. The first kappa shape index (κ1) is 50.1. The van der Waals surface area contributed by atoms with Gasteiger partial charge in [-0.3, -0.25) is 0 Å². The molecule has 1 N–H and O–H groups in total. The maximum absolute atomic E-state index is 12.2. The summed E-state index contributed by atoms with van der Waals surface area (Å²) in [4.78, 5) is 12.2. The second kappa shape index (κ2) is 45.3. The molecule has 0 saturated heterocycles. The Morgan fingerprint density at radius 1 is 0.451 bits per heavy atom. The summed E-state index contributed by atoms with van der Waals surface area (Å²) >= 11 is 0. The molecule has 6 nitrogen and oxygen atoms in total. The van der Waals surface area contributed by atoms with Gasteiger partial charge in [-0.25, -0.2) is 4.79 Å². The van der Waals surface area contributed by atoms with Crippen LogP contribution in [0.2, 0.25) is 0 Å². The molecular weight excluding hydrogens is 634 g/mol. The summed E-state index contributed by atoms with van der Waals surface area (Å²) in [6, 6.07) is 0. The average molecular weight is 726 g/mol. The lowest BCUT2D eigenvalue weighted by atomic mass is 10.0. The van der Waals surface area contributed by atoms with Crippen molar-refractivity contribution in [2.75, 3.05) is 46.7 Å². The van der Waals surface area contributed by atoms with Crippen LogP contribution in [0.3, 0.4) is 0 Å². The number of rotatable bonds is 44. The molecule has 0 aromatic carbocycles. The molecule has 0 rings (SSSR count). The fraction of sp³-hybridized carbons (Fsp3) is 0.978. The normalized spacial score (nSPS) is 12.1. The first-order chi connectivity index (χ1) is 25.2. The molecule has 51 heavy (non-hydrogen) atoms. The third-order valence-corrected chi connectivity index (χ3v) is 10.3. The predicted molar refractivity (Wildman–Crippen MR) is 220 cm³/mol. The van der Waals surface area contributed by atoms with E-state index in [2.05, 4.69) is 19.2 Å². The minimum absolute atomic E-state index is 0.0126. The highest BCUT2D eigenvalue weighted by Crippen LogP contribution is 2.17. The average Bonchev–Trinajstić information content (AvgIpc) is 3.14. The lowest BCUT2D eigenvalue weighted by molar-refractivity contribution is -0.00259. The number of ether oxygens (including phenoxy) is 4. The van der Waals surface area contributed by atoms with Gasteiger partial charge in [-0.1, -0.05) is 219 Å². The molecular formula is C45H91NO5. The van der Waals surface area contributed by atoms with E-state index in [0.717, 1.165) is 25.9 Å². The number of carbonyl (C=O) groups excluding carboxylic acids is 1. The van der Waals surface area contributed by atoms with Crippen LogP contribution in [0.5, 0.6) is 0 Å². The van der Waals surface area contributed by atoms with Gasteiger partial charge in [0, 0.05) is 20.3 Å². The van der Waals surface area contributed by atoms with E-state index in [1.54, 1.807) is 7.11 Å². The minimum atomic E-state index is -0.385. The molecule has 0 aromatic rings. The Bertz CT molecular complexity index is 610. The van der Waals surface area contributed by atoms with Gasteiger partial charge in [0.2, 0.25) is 0 Å². The van der Waals surface area contributed by atoms with Gasteiger partial charge in [0.05, 0.1) is 25.9 Å². The van der Waals surface area contributed by atoms with Gasteiger partial charge in [-0.05, 0) is 12.8 Å². The maximum Gasteiger partial charge on any atom is 0.407 e. The molecule has 0 aliphatic carbocycles. The second-order valence-electron chi connectivity index (χ2n) is 15.4. The topological polar surface area (TPSA) is 66.0 Å². The fourth-order valence-corrected chi connectivity index (χ4v) is 6.90. The molecule has 1 unspecified atom stereocenters. The van der Waals surface area contributed by atoms with Crippen LogP contribution >= 0.6 is 0 Å². The van der Waals surface area contributed by atoms with Crippen molar-refractivity contribution in [2.45, 2.75) is 238 Å². The number of amides is 1. The zero-order valence-corrected chi connectivity index (χ0v) is 34.9. The molecule has 0 bridgehead atoms. The fourth-order valence-electron chi connectivity index (χ4n) is 6.90. The van der Waals surface area contributed by atoms with Crippen LogP contribution in [-0.4, -0.2) is 58.9 Å². The summed E-state index contributed by atoms with van der Waals surface area (Å²) in [6.07, 6.45) is 46.0. The molecule has 1 amide bonds. The van der Waals surface area contributed by atoms with Gasteiger partial charge < -0.3 is 24.3 Å². The summed E-state index contributed by atoms with van der Waals surface area (Å²) in [5.74, 6) is 0. The molecule has 0 aromatic heterocycles. The Hall–Kier alpha value is -0.850. The molecule has 1 atom stereocenters. The number of unbranched alkanes of at least 4 members (excludes halogenated alkanes) is 31. The Kier molecular flexibility index (Phi) is 44.6. The van der Waals surface area contributed by atoms with Crippen molar-refractivity contribution in [1.82, 2.24) is 5.32 Å². The van der Waals surface area contributed by atoms with E-state index in [1.807, 2.05) is 0 Å². The van der Waals surface area contributed by atoms with Crippen molar-refractivity contribution in [2.24, 2.45) is 0 Å². The summed E-state index contributed by atoms with van der Waals surface area (Å²) < 4.78 is 22.2. The van der Waals surface area contributed by atoms with Crippen molar-refractivity contribution in [3.8, 4) is 0 Å². The molecule has 306 valence electrons. The van der Waals surface area contributed by atoms with Crippen LogP contribution in [0, 0.1) is 0 Å². The highest BCUT2D eigenvalue weighted by atomic mass is 16.6. The Morgan fingerprint density at radius 3 is 1.22 bits per heavy atom. The molecule has 0 saturated carbocycles. The Balaban J connectivity index is 3.94. The molecule has 0 radical (unpaired) electrons. The minimum Gasteiger partial charge on any atom is -0.447 e. The number of hydrogen-bond acceptors (Lipinski definition) is 5. The molecule has 0 fully saturated rings.